The summed E-state index contributed by atoms with van der Waals surface area (Å²) in [5.41, 5.74) is 0.306. The molecule has 0 aliphatic rings. The van der Waals surface area contributed by atoms with Gasteiger partial charge in [-0.25, -0.2) is 4.79 Å². The molecule has 0 spiro atoms. The number of rotatable bonds is 13. The van der Waals surface area contributed by atoms with E-state index in [2.05, 4.69) is 6.58 Å². The Kier molecular flexibility index (Phi) is 12.4. The fourth-order valence-electron chi connectivity index (χ4n) is 1.26. The molecule has 0 saturated heterocycles. The molecular formula is C14H26O6. The summed E-state index contributed by atoms with van der Waals surface area (Å²) in [5.74, 6) is -0.424. The molecule has 0 aliphatic heterocycles. The van der Waals surface area contributed by atoms with E-state index in [1.54, 1.807) is 6.92 Å². The fraction of sp³-hybridized carbons (Fsp3) is 0.786. The molecule has 0 saturated carbocycles. The zero-order valence-corrected chi connectivity index (χ0v) is 12.7. The van der Waals surface area contributed by atoms with Crippen LogP contribution in [0, 0.1) is 0 Å². The van der Waals surface area contributed by atoms with Gasteiger partial charge in [0.15, 0.2) is 6.29 Å². The van der Waals surface area contributed by atoms with Crippen LogP contribution in [-0.4, -0.2) is 58.5 Å². The van der Waals surface area contributed by atoms with Crippen LogP contribution in [0.1, 0.15) is 20.8 Å². The minimum atomic E-state index is -0.424. The summed E-state index contributed by atoms with van der Waals surface area (Å²) in [6, 6.07) is 0. The lowest BCUT2D eigenvalue weighted by Gasteiger charge is -2.12. The van der Waals surface area contributed by atoms with Crippen LogP contribution in [0.25, 0.3) is 0 Å². The Morgan fingerprint density at radius 3 is 2.30 bits per heavy atom. The summed E-state index contributed by atoms with van der Waals surface area (Å²) in [6.07, 6.45) is -0.215. The highest BCUT2D eigenvalue weighted by atomic mass is 16.7. The lowest BCUT2D eigenvalue weighted by atomic mass is 10.3. The molecule has 0 heterocycles. The van der Waals surface area contributed by atoms with E-state index in [1.807, 2.05) is 13.8 Å². The molecule has 0 aromatic rings. The van der Waals surface area contributed by atoms with Crippen molar-refractivity contribution in [1.29, 1.82) is 0 Å². The number of carbonyl (C=O) groups excluding carboxylic acids is 1. The monoisotopic (exact) mass is 290 g/mol. The maximum absolute atomic E-state index is 11.2. The van der Waals surface area contributed by atoms with Gasteiger partial charge in [-0.1, -0.05) is 6.58 Å². The predicted octanol–water partition coefficient (Wildman–Crippen LogP) is 1.54. The smallest absolute Gasteiger partial charge is 0.335 e. The van der Waals surface area contributed by atoms with Gasteiger partial charge in [0.05, 0.1) is 45.2 Å². The van der Waals surface area contributed by atoms with Gasteiger partial charge in [0, 0.05) is 6.61 Å². The second-order valence-electron chi connectivity index (χ2n) is 3.88. The highest BCUT2D eigenvalue weighted by molar-refractivity contribution is 5.87. The van der Waals surface area contributed by atoms with Crippen molar-refractivity contribution < 1.29 is 28.5 Å². The molecule has 1 atom stereocenters. The summed E-state index contributed by atoms with van der Waals surface area (Å²) >= 11 is 0. The highest BCUT2D eigenvalue weighted by Crippen LogP contribution is 1.96. The Morgan fingerprint density at radius 1 is 1.00 bits per heavy atom. The van der Waals surface area contributed by atoms with Gasteiger partial charge < -0.3 is 23.7 Å². The van der Waals surface area contributed by atoms with E-state index >= 15 is 0 Å². The van der Waals surface area contributed by atoms with Crippen LogP contribution in [0.15, 0.2) is 12.2 Å². The third-order valence-corrected chi connectivity index (χ3v) is 2.19. The van der Waals surface area contributed by atoms with Crippen LogP contribution in [0.2, 0.25) is 0 Å². The molecule has 0 aromatic heterocycles. The normalized spacial score (nSPS) is 12.2. The Balaban J connectivity index is 3.32. The van der Waals surface area contributed by atoms with Crippen LogP contribution in [0.3, 0.4) is 0 Å². The van der Waals surface area contributed by atoms with Gasteiger partial charge in [-0.15, -0.1) is 0 Å². The van der Waals surface area contributed by atoms with Crippen LogP contribution < -0.4 is 0 Å². The lowest BCUT2D eigenvalue weighted by Crippen LogP contribution is -2.17. The van der Waals surface area contributed by atoms with Gasteiger partial charge in [0.1, 0.15) is 0 Å². The quantitative estimate of drug-likeness (QED) is 0.222. The first-order valence-electron chi connectivity index (χ1n) is 6.85. The van der Waals surface area contributed by atoms with E-state index < -0.39 is 5.97 Å². The number of hydrogen-bond acceptors (Lipinski definition) is 6. The molecule has 0 amide bonds. The van der Waals surface area contributed by atoms with Gasteiger partial charge in [-0.05, 0) is 20.8 Å². The average molecular weight is 290 g/mol. The minimum Gasteiger partial charge on any atom is -0.463 e. The molecule has 6 heteroatoms. The van der Waals surface area contributed by atoms with Gasteiger partial charge in [0.25, 0.3) is 0 Å². The van der Waals surface area contributed by atoms with Crippen molar-refractivity contribution in [3.8, 4) is 0 Å². The first kappa shape index (κ1) is 19.1. The Labute approximate surface area is 121 Å². The van der Waals surface area contributed by atoms with Crippen LogP contribution in [-0.2, 0) is 28.5 Å². The maximum Gasteiger partial charge on any atom is 0.335 e. The van der Waals surface area contributed by atoms with Gasteiger partial charge >= 0.3 is 5.97 Å². The number of esters is 1. The van der Waals surface area contributed by atoms with Gasteiger partial charge in [-0.2, -0.15) is 0 Å². The highest BCUT2D eigenvalue weighted by Gasteiger charge is 2.07. The molecule has 0 rings (SSSR count). The zero-order chi connectivity index (χ0) is 15.2. The Bertz CT molecular complexity index is 266. The van der Waals surface area contributed by atoms with Crippen molar-refractivity contribution in [3.63, 3.8) is 0 Å². The second kappa shape index (κ2) is 13.1. The first-order chi connectivity index (χ1) is 9.61. The van der Waals surface area contributed by atoms with Crippen molar-refractivity contribution in [2.45, 2.75) is 27.1 Å². The first-order valence-corrected chi connectivity index (χ1v) is 6.85. The molecule has 0 aliphatic carbocycles. The largest absolute Gasteiger partial charge is 0.463 e. The van der Waals surface area contributed by atoms with Crippen molar-refractivity contribution in [1.82, 2.24) is 0 Å². The lowest BCUT2D eigenvalue weighted by molar-refractivity contribution is -0.139. The van der Waals surface area contributed by atoms with Crippen LogP contribution in [0.5, 0.6) is 0 Å². The van der Waals surface area contributed by atoms with E-state index in [4.69, 9.17) is 23.7 Å². The van der Waals surface area contributed by atoms with Crippen LogP contribution in [0.4, 0.5) is 0 Å². The topological polar surface area (TPSA) is 63.2 Å². The van der Waals surface area contributed by atoms with E-state index in [1.165, 1.54) is 0 Å². The van der Waals surface area contributed by atoms with Crippen molar-refractivity contribution in [3.05, 3.63) is 12.2 Å². The van der Waals surface area contributed by atoms with Crippen molar-refractivity contribution >= 4 is 5.97 Å². The summed E-state index contributed by atoms with van der Waals surface area (Å²) in [7, 11) is 0. The SMILES string of the molecule is C=C(COCCOCCOC(C)OCC)C(=O)OCC. The molecule has 0 fully saturated rings. The zero-order valence-electron chi connectivity index (χ0n) is 12.7. The molecule has 1 unspecified atom stereocenters. The van der Waals surface area contributed by atoms with E-state index in [0.717, 1.165) is 0 Å². The van der Waals surface area contributed by atoms with Gasteiger partial charge in [-0.3, -0.25) is 0 Å². The summed E-state index contributed by atoms with van der Waals surface area (Å²) in [5, 5.41) is 0. The minimum absolute atomic E-state index is 0.153. The van der Waals surface area contributed by atoms with Gasteiger partial charge in [0.2, 0.25) is 0 Å². The molecule has 6 nitrogen and oxygen atoms in total. The molecule has 0 radical (unpaired) electrons. The second-order valence-corrected chi connectivity index (χ2v) is 3.88. The molecule has 118 valence electrons. The molecule has 0 N–H and O–H groups in total. The molecular weight excluding hydrogens is 264 g/mol. The van der Waals surface area contributed by atoms with Crippen LogP contribution >= 0.6 is 0 Å². The third kappa shape index (κ3) is 10.9. The predicted molar refractivity (Wildman–Crippen MR) is 74.5 cm³/mol. The Morgan fingerprint density at radius 2 is 1.65 bits per heavy atom. The third-order valence-electron chi connectivity index (χ3n) is 2.19. The fourth-order valence-corrected chi connectivity index (χ4v) is 1.26. The number of carbonyl (C=O) groups is 1. The number of ether oxygens (including phenoxy) is 5. The summed E-state index contributed by atoms with van der Waals surface area (Å²) in [4.78, 5) is 11.2. The standard InChI is InChI=1S/C14H26O6/c1-5-18-13(4)20-10-9-16-7-8-17-11-12(3)14(15)19-6-2/h13H,3,5-11H2,1-2,4H3. The average Bonchev–Trinajstić information content (AvgIpc) is 2.42. The molecule has 0 aromatic carbocycles. The van der Waals surface area contributed by atoms with E-state index in [0.29, 0.717) is 45.2 Å². The summed E-state index contributed by atoms with van der Waals surface area (Å²) in [6.45, 7) is 12.0. The number of hydrogen-bond donors (Lipinski definition) is 0. The molecule has 0 bridgehead atoms. The Hall–Kier alpha value is -0.950. The van der Waals surface area contributed by atoms with E-state index in [-0.39, 0.29) is 12.9 Å². The maximum atomic E-state index is 11.2. The van der Waals surface area contributed by atoms with Crippen molar-refractivity contribution in [2.75, 3.05) is 46.2 Å². The van der Waals surface area contributed by atoms with Crippen molar-refractivity contribution in [2.24, 2.45) is 0 Å². The summed E-state index contributed by atoms with van der Waals surface area (Å²) < 4.78 is 25.8. The van der Waals surface area contributed by atoms with E-state index in [9.17, 15) is 4.79 Å². The molecule has 20 heavy (non-hydrogen) atoms.